The minimum atomic E-state index is -0.314. The third kappa shape index (κ3) is 3.78. The topological polar surface area (TPSA) is 34.1 Å². The van der Waals surface area contributed by atoms with Crippen LogP contribution in [-0.4, -0.2) is 11.0 Å². The molecule has 0 bridgehead atoms. The summed E-state index contributed by atoms with van der Waals surface area (Å²) in [4.78, 5) is 22.4. The van der Waals surface area contributed by atoms with Crippen LogP contribution in [-0.2, 0) is 9.59 Å². The fraction of sp³-hybridized carbons (Fsp3) is 0.667. The van der Waals surface area contributed by atoms with Crippen molar-refractivity contribution in [1.29, 1.82) is 0 Å². The number of carbonyl (C=O) groups is 2. The van der Waals surface area contributed by atoms with Crippen molar-refractivity contribution in [2.24, 2.45) is 11.8 Å². The van der Waals surface area contributed by atoms with E-state index in [1.807, 2.05) is 13.0 Å². The highest BCUT2D eigenvalue weighted by atomic mass is 35.5. The number of hydrogen-bond acceptors (Lipinski definition) is 2. The minimum absolute atomic E-state index is 0.0592. The molecule has 1 fully saturated rings. The van der Waals surface area contributed by atoms with Gasteiger partial charge < -0.3 is 0 Å². The first-order chi connectivity index (χ1) is 7.15. The molecule has 0 aromatic rings. The predicted molar refractivity (Wildman–Crippen MR) is 60.7 cm³/mol. The smallest absolute Gasteiger partial charge is 0.221 e. The summed E-state index contributed by atoms with van der Waals surface area (Å²) in [6.07, 6.45) is 7.63. The lowest BCUT2D eigenvalue weighted by atomic mass is 9.89. The van der Waals surface area contributed by atoms with E-state index in [4.69, 9.17) is 11.6 Å². The predicted octanol–water partition coefficient (Wildman–Crippen LogP) is 3.09. The van der Waals surface area contributed by atoms with E-state index in [-0.39, 0.29) is 17.1 Å². The molecule has 1 aliphatic carbocycles. The number of halogens is 1. The number of carbonyl (C=O) groups excluding carboxylic acids is 2. The molecule has 1 rings (SSSR count). The molecule has 0 aliphatic heterocycles. The molecule has 1 saturated carbocycles. The summed E-state index contributed by atoms with van der Waals surface area (Å²) < 4.78 is 0. The second-order valence-corrected chi connectivity index (χ2v) is 4.50. The molecule has 2 atom stereocenters. The summed E-state index contributed by atoms with van der Waals surface area (Å²) in [5.74, 6) is 0.555. The molecule has 0 heterocycles. The number of Topliss-reactive ketones (excluding diaryl/α,β-unsaturated/α-hetero) is 1. The highest BCUT2D eigenvalue weighted by molar-refractivity contribution is 6.63. The summed E-state index contributed by atoms with van der Waals surface area (Å²) >= 11 is 5.37. The van der Waals surface area contributed by atoms with E-state index in [1.165, 1.54) is 0 Å². The normalized spacial score (nSPS) is 26.4. The SMILES string of the molecule is CC=CCCC1C(=O)CCC1CC(=O)Cl. The van der Waals surface area contributed by atoms with Gasteiger partial charge in [-0.05, 0) is 43.7 Å². The van der Waals surface area contributed by atoms with Crippen molar-refractivity contribution in [1.82, 2.24) is 0 Å². The molecular formula is C12H17ClO2. The van der Waals surface area contributed by atoms with Gasteiger partial charge in [-0.2, -0.15) is 0 Å². The van der Waals surface area contributed by atoms with Crippen LogP contribution in [0.25, 0.3) is 0 Å². The maximum atomic E-state index is 11.6. The van der Waals surface area contributed by atoms with Crippen molar-refractivity contribution in [2.45, 2.75) is 39.0 Å². The fourth-order valence-electron chi connectivity index (χ4n) is 2.27. The lowest BCUT2D eigenvalue weighted by molar-refractivity contribution is -0.121. The second-order valence-electron chi connectivity index (χ2n) is 4.08. The van der Waals surface area contributed by atoms with Gasteiger partial charge in [0.25, 0.3) is 0 Å². The van der Waals surface area contributed by atoms with Crippen molar-refractivity contribution < 1.29 is 9.59 Å². The Bertz CT molecular complexity index is 271. The Morgan fingerprint density at radius 3 is 2.93 bits per heavy atom. The first-order valence-electron chi connectivity index (χ1n) is 5.47. The summed E-state index contributed by atoms with van der Waals surface area (Å²) in [5.41, 5.74) is 0. The first-order valence-corrected chi connectivity index (χ1v) is 5.85. The van der Waals surface area contributed by atoms with Gasteiger partial charge in [0.15, 0.2) is 0 Å². The van der Waals surface area contributed by atoms with Crippen LogP contribution >= 0.6 is 11.6 Å². The Hall–Kier alpha value is -0.630. The summed E-state index contributed by atoms with van der Waals surface area (Å²) in [6.45, 7) is 1.97. The van der Waals surface area contributed by atoms with Crippen LogP contribution in [0.15, 0.2) is 12.2 Å². The third-order valence-corrected chi connectivity index (χ3v) is 3.20. The highest BCUT2D eigenvalue weighted by Crippen LogP contribution is 2.35. The lowest BCUT2D eigenvalue weighted by Crippen LogP contribution is -2.16. The van der Waals surface area contributed by atoms with E-state index in [2.05, 4.69) is 6.08 Å². The van der Waals surface area contributed by atoms with E-state index in [0.717, 1.165) is 19.3 Å². The Morgan fingerprint density at radius 2 is 2.33 bits per heavy atom. The van der Waals surface area contributed by atoms with Gasteiger partial charge in [0.1, 0.15) is 5.78 Å². The van der Waals surface area contributed by atoms with E-state index < -0.39 is 0 Å². The van der Waals surface area contributed by atoms with Gasteiger partial charge in [-0.1, -0.05) is 12.2 Å². The van der Waals surface area contributed by atoms with Crippen molar-refractivity contribution >= 4 is 22.6 Å². The standard InChI is InChI=1S/C12H17ClO2/c1-2-3-4-5-10-9(8-12(13)15)6-7-11(10)14/h2-3,9-10H,4-8H2,1H3. The second kappa shape index (κ2) is 6.06. The quantitative estimate of drug-likeness (QED) is 0.535. The number of ketones is 1. The molecule has 0 radical (unpaired) electrons. The molecule has 1 aliphatic rings. The van der Waals surface area contributed by atoms with Crippen LogP contribution in [0.4, 0.5) is 0 Å². The maximum absolute atomic E-state index is 11.6. The molecule has 3 heteroatoms. The number of hydrogen-bond donors (Lipinski definition) is 0. The van der Waals surface area contributed by atoms with Gasteiger partial charge in [-0.15, -0.1) is 0 Å². The van der Waals surface area contributed by atoms with E-state index in [9.17, 15) is 9.59 Å². The molecule has 15 heavy (non-hydrogen) atoms. The summed E-state index contributed by atoms with van der Waals surface area (Å²) in [7, 11) is 0. The fourth-order valence-corrected chi connectivity index (χ4v) is 2.46. The lowest BCUT2D eigenvalue weighted by Gasteiger charge is -2.15. The zero-order chi connectivity index (χ0) is 11.3. The molecule has 0 N–H and O–H groups in total. The molecular weight excluding hydrogens is 212 g/mol. The molecule has 2 nitrogen and oxygen atoms in total. The van der Waals surface area contributed by atoms with Crippen molar-refractivity contribution in [2.75, 3.05) is 0 Å². The molecule has 0 spiro atoms. The average Bonchev–Trinajstić information content (AvgIpc) is 2.49. The zero-order valence-corrected chi connectivity index (χ0v) is 9.80. The first kappa shape index (κ1) is 12.4. The molecule has 0 saturated heterocycles. The van der Waals surface area contributed by atoms with Crippen LogP contribution in [0, 0.1) is 11.8 Å². The Labute approximate surface area is 95.7 Å². The monoisotopic (exact) mass is 228 g/mol. The van der Waals surface area contributed by atoms with Crippen LogP contribution in [0.2, 0.25) is 0 Å². The van der Waals surface area contributed by atoms with Crippen LogP contribution < -0.4 is 0 Å². The highest BCUT2D eigenvalue weighted by Gasteiger charge is 2.34. The Kier molecular flexibility index (Phi) is 5.03. The van der Waals surface area contributed by atoms with Gasteiger partial charge in [0, 0.05) is 18.8 Å². The zero-order valence-electron chi connectivity index (χ0n) is 9.04. The van der Waals surface area contributed by atoms with Gasteiger partial charge in [-0.3, -0.25) is 9.59 Å². The maximum Gasteiger partial charge on any atom is 0.221 e. The van der Waals surface area contributed by atoms with Crippen molar-refractivity contribution in [3.05, 3.63) is 12.2 Å². The van der Waals surface area contributed by atoms with E-state index >= 15 is 0 Å². The van der Waals surface area contributed by atoms with E-state index in [1.54, 1.807) is 0 Å². The van der Waals surface area contributed by atoms with E-state index in [0.29, 0.717) is 18.6 Å². The van der Waals surface area contributed by atoms with Gasteiger partial charge in [0.05, 0.1) is 0 Å². The summed E-state index contributed by atoms with van der Waals surface area (Å²) in [6, 6.07) is 0. The van der Waals surface area contributed by atoms with Crippen LogP contribution in [0.5, 0.6) is 0 Å². The molecule has 84 valence electrons. The summed E-state index contributed by atoms with van der Waals surface area (Å²) in [5, 5.41) is -0.314. The molecule has 0 aromatic heterocycles. The van der Waals surface area contributed by atoms with Gasteiger partial charge >= 0.3 is 0 Å². The van der Waals surface area contributed by atoms with Crippen molar-refractivity contribution in [3.8, 4) is 0 Å². The van der Waals surface area contributed by atoms with Gasteiger partial charge in [0.2, 0.25) is 5.24 Å². The Morgan fingerprint density at radius 1 is 1.60 bits per heavy atom. The molecule has 0 aromatic carbocycles. The number of allylic oxidation sites excluding steroid dienone is 2. The number of rotatable bonds is 5. The molecule has 2 unspecified atom stereocenters. The van der Waals surface area contributed by atoms with Crippen LogP contribution in [0.1, 0.15) is 39.0 Å². The Balaban J connectivity index is 2.48. The van der Waals surface area contributed by atoms with Gasteiger partial charge in [-0.25, -0.2) is 0 Å². The average molecular weight is 229 g/mol. The molecule has 0 amide bonds. The minimum Gasteiger partial charge on any atom is -0.299 e. The van der Waals surface area contributed by atoms with Crippen molar-refractivity contribution in [3.63, 3.8) is 0 Å². The largest absolute Gasteiger partial charge is 0.299 e. The van der Waals surface area contributed by atoms with Crippen LogP contribution in [0.3, 0.4) is 0 Å². The third-order valence-electron chi connectivity index (χ3n) is 3.05.